The molecule has 0 amide bonds. The molecule has 0 spiro atoms. The summed E-state index contributed by atoms with van der Waals surface area (Å²) in [5, 5.41) is 4.84. The molecule has 0 bridgehead atoms. The second-order valence-corrected chi connectivity index (χ2v) is 5.72. The van der Waals surface area contributed by atoms with Crippen LogP contribution in [0.1, 0.15) is 36.5 Å². The summed E-state index contributed by atoms with van der Waals surface area (Å²) < 4.78 is 5.08. The van der Waals surface area contributed by atoms with Crippen molar-refractivity contribution < 1.29 is 4.52 Å². The summed E-state index contributed by atoms with van der Waals surface area (Å²) >= 11 is 1.66. The van der Waals surface area contributed by atoms with Gasteiger partial charge in [-0.2, -0.15) is 0 Å². The molecule has 2 aromatic rings. The maximum Gasteiger partial charge on any atom is 0.142 e. The fourth-order valence-corrected chi connectivity index (χ4v) is 3.52. The molecule has 1 saturated carbocycles. The molecule has 1 aliphatic carbocycles. The first-order valence-electron chi connectivity index (χ1n) is 5.86. The van der Waals surface area contributed by atoms with Crippen LogP contribution in [0.5, 0.6) is 0 Å². The van der Waals surface area contributed by atoms with Gasteiger partial charge in [-0.3, -0.25) is 0 Å². The molecule has 5 heteroatoms. The Morgan fingerprint density at radius 1 is 1.35 bits per heavy atom. The van der Waals surface area contributed by atoms with Crippen molar-refractivity contribution >= 4 is 11.3 Å². The molecule has 3 rings (SSSR count). The summed E-state index contributed by atoms with van der Waals surface area (Å²) in [6.07, 6.45) is 8.12. The topological polar surface area (TPSA) is 64.9 Å². The van der Waals surface area contributed by atoms with E-state index in [1.54, 1.807) is 17.5 Å². The third-order valence-corrected chi connectivity index (χ3v) is 4.69. The summed E-state index contributed by atoms with van der Waals surface area (Å²) in [7, 11) is 0. The van der Waals surface area contributed by atoms with E-state index in [1.165, 1.54) is 12.8 Å². The highest BCUT2D eigenvalue weighted by molar-refractivity contribution is 7.15. The third-order valence-electron chi connectivity index (χ3n) is 3.44. The van der Waals surface area contributed by atoms with Crippen molar-refractivity contribution in [3.63, 3.8) is 0 Å². The number of hydrogen-bond donors (Lipinski definition) is 1. The van der Waals surface area contributed by atoms with E-state index in [-0.39, 0.29) is 5.54 Å². The van der Waals surface area contributed by atoms with Crippen molar-refractivity contribution in [2.45, 2.75) is 38.1 Å². The van der Waals surface area contributed by atoms with E-state index < -0.39 is 0 Å². The van der Waals surface area contributed by atoms with Crippen molar-refractivity contribution in [2.24, 2.45) is 5.73 Å². The quantitative estimate of drug-likeness (QED) is 0.888. The molecule has 0 unspecified atom stereocenters. The van der Waals surface area contributed by atoms with Gasteiger partial charge >= 0.3 is 0 Å². The van der Waals surface area contributed by atoms with Crippen molar-refractivity contribution in [1.29, 1.82) is 0 Å². The zero-order valence-electron chi connectivity index (χ0n) is 9.77. The molecular weight excluding hydrogens is 234 g/mol. The fraction of sp³-hybridized carbons (Fsp3) is 0.500. The largest absolute Gasteiger partial charge is 0.361 e. The molecule has 2 heterocycles. The lowest BCUT2D eigenvalue weighted by molar-refractivity contribution is 0.398. The van der Waals surface area contributed by atoms with Crippen molar-refractivity contribution in [3.8, 4) is 10.4 Å². The molecule has 0 atom stereocenters. The van der Waals surface area contributed by atoms with Gasteiger partial charge in [0.05, 0.1) is 22.2 Å². The number of aromatic nitrogens is 2. The first-order chi connectivity index (χ1) is 8.19. The molecule has 1 aliphatic rings. The summed E-state index contributed by atoms with van der Waals surface area (Å²) in [4.78, 5) is 5.58. The number of nitrogens with two attached hydrogens (primary N) is 1. The Morgan fingerprint density at radius 3 is 2.76 bits per heavy atom. The molecule has 0 saturated heterocycles. The Bertz CT molecular complexity index is 525. The van der Waals surface area contributed by atoms with Crippen molar-refractivity contribution in [2.75, 3.05) is 0 Å². The average molecular weight is 249 g/mol. The number of rotatable bonds is 2. The first kappa shape index (κ1) is 10.9. The van der Waals surface area contributed by atoms with E-state index in [4.69, 9.17) is 10.3 Å². The molecule has 90 valence electrons. The van der Waals surface area contributed by atoms with Crippen molar-refractivity contribution in [3.05, 3.63) is 23.2 Å². The summed E-state index contributed by atoms with van der Waals surface area (Å²) in [6, 6.07) is 0. The smallest absolute Gasteiger partial charge is 0.142 e. The standard InChI is InChI=1S/C12H15N3OS/c1-8-9(6-15-16-8)10-7-14-11(17-10)12(13)4-2-3-5-12/h6-7H,2-5,13H2,1H3. The van der Waals surface area contributed by atoms with Gasteiger partial charge in [-0.15, -0.1) is 11.3 Å². The van der Waals surface area contributed by atoms with Gasteiger partial charge in [-0.1, -0.05) is 18.0 Å². The molecule has 0 aromatic carbocycles. The zero-order chi connectivity index (χ0) is 11.9. The lowest BCUT2D eigenvalue weighted by atomic mass is 10.0. The minimum absolute atomic E-state index is 0.200. The highest BCUT2D eigenvalue weighted by Crippen LogP contribution is 2.40. The SMILES string of the molecule is Cc1oncc1-c1cnc(C2(N)CCCC2)s1. The number of thiazole rings is 1. The molecule has 1 fully saturated rings. The van der Waals surface area contributed by atoms with Gasteiger partial charge in [0.1, 0.15) is 10.8 Å². The molecule has 17 heavy (non-hydrogen) atoms. The van der Waals surface area contributed by atoms with Crippen LogP contribution in [0.4, 0.5) is 0 Å². The van der Waals surface area contributed by atoms with Crippen molar-refractivity contribution in [1.82, 2.24) is 10.1 Å². The normalized spacial score (nSPS) is 18.7. The van der Waals surface area contributed by atoms with E-state index in [0.717, 1.165) is 34.1 Å². The summed E-state index contributed by atoms with van der Waals surface area (Å²) in [5.74, 6) is 0.831. The van der Waals surface area contributed by atoms with Crippen LogP contribution in [0.15, 0.2) is 16.9 Å². The van der Waals surface area contributed by atoms with Crippen LogP contribution in [0.25, 0.3) is 10.4 Å². The lowest BCUT2D eigenvalue weighted by Gasteiger charge is -2.19. The Hall–Kier alpha value is -1.20. The molecule has 2 N–H and O–H groups in total. The third kappa shape index (κ3) is 1.79. The maximum absolute atomic E-state index is 6.39. The molecule has 0 aliphatic heterocycles. The van der Waals surface area contributed by atoms with Crippen LogP contribution in [0, 0.1) is 6.92 Å². The van der Waals surface area contributed by atoms with Crippen LogP contribution in [-0.4, -0.2) is 10.1 Å². The lowest BCUT2D eigenvalue weighted by Crippen LogP contribution is -2.32. The monoisotopic (exact) mass is 249 g/mol. The predicted molar refractivity (Wildman–Crippen MR) is 66.7 cm³/mol. The fourth-order valence-electron chi connectivity index (χ4n) is 2.38. The zero-order valence-corrected chi connectivity index (χ0v) is 10.6. The Morgan fingerprint density at radius 2 is 2.12 bits per heavy atom. The van der Waals surface area contributed by atoms with Crippen LogP contribution >= 0.6 is 11.3 Å². The Kier molecular flexibility index (Phi) is 2.52. The number of nitrogens with zero attached hydrogens (tertiary/aromatic N) is 2. The number of aryl methyl sites for hydroxylation is 1. The molecule has 2 aromatic heterocycles. The van der Waals surface area contributed by atoms with Gasteiger partial charge in [0.15, 0.2) is 0 Å². The van der Waals surface area contributed by atoms with E-state index in [0.29, 0.717) is 0 Å². The van der Waals surface area contributed by atoms with Crippen LogP contribution < -0.4 is 5.73 Å². The van der Waals surface area contributed by atoms with E-state index in [1.807, 2.05) is 13.1 Å². The first-order valence-corrected chi connectivity index (χ1v) is 6.67. The second kappa shape index (κ2) is 3.92. The Labute approximate surface area is 104 Å². The molecule has 0 radical (unpaired) electrons. The van der Waals surface area contributed by atoms with E-state index >= 15 is 0 Å². The van der Waals surface area contributed by atoms with E-state index in [9.17, 15) is 0 Å². The molecule has 4 nitrogen and oxygen atoms in total. The Balaban J connectivity index is 1.96. The van der Waals surface area contributed by atoms with Crippen LogP contribution in [0.3, 0.4) is 0 Å². The van der Waals surface area contributed by atoms with Gasteiger partial charge in [0.25, 0.3) is 0 Å². The summed E-state index contributed by atoms with van der Waals surface area (Å²) in [6.45, 7) is 1.91. The van der Waals surface area contributed by atoms with Gasteiger partial charge in [-0.25, -0.2) is 4.98 Å². The van der Waals surface area contributed by atoms with E-state index in [2.05, 4.69) is 10.1 Å². The minimum atomic E-state index is -0.200. The van der Waals surface area contributed by atoms with Crippen LogP contribution in [-0.2, 0) is 5.54 Å². The molecular formula is C12H15N3OS. The van der Waals surface area contributed by atoms with Gasteiger partial charge < -0.3 is 10.3 Å². The average Bonchev–Trinajstić information content (AvgIpc) is 2.97. The highest BCUT2D eigenvalue weighted by Gasteiger charge is 2.34. The maximum atomic E-state index is 6.39. The summed E-state index contributed by atoms with van der Waals surface area (Å²) in [5.41, 5.74) is 7.22. The minimum Gasteiger partial charge on any atom is -0.361 e. The van der Waals surface area contributed by atoms with Gasteiger partial charge in [0, 0.05) is 6.20 Å². The van der Waals surface area contributed by atoms with Gasteiger partial charge in [-0.05, 0) is 19.8 Å². The van der Waals surface area contributed by atoms with Crippen LogP contribution in [0.2, 0.25) is 0 Å². The second-order valence-electron chi connectivity index (χ2n) is 4.69. The van der Waals surface area contributed by atoms with Gasteiger partial charge in [0.2, 0.25) is 0 Å². The predicted octanol–water partition coefficient (Wildman–Crippen LogP) is 2.83. The number of hydrogen-bond acceptors (Lipinski definition) is 5. The highest BCUT2D eigenvalue weighted by atomic mass is 32.1.